The monoisotopic (exact) mass is 386 g/mol. The quantitative estimate of drug-likeness (QED) is 0.361. The van der Waals surface area contributed by atoms with Gasteiger partial charge >= 0.3 is 5.97 Å². The minimum Gasteiger partial charge on any atom is -0.496 e. The van der Waals surface area contributed by atoms with Crippen molar-refractivity contribution in [1.29, 1.82) is 0 Å². The van der Waals surface area contributed by atoms with Crippen molar-refractivity contribution in [2.24, 2.45) is 0 Å². The molecule has 0 atom stereocenters. The van der Waals surface area contributed by atoms with Crippen LogP contribution in [0.3, 0.4) is 0 Å². The summed E-state index contributed by atoms with van der Waals surface area (Å²) in [5.41, 5.74) is 3.84. The van der Waals surface area contributed by atoms with Crippen molar-refractivity contribution >= 4 is 40.1 Å². The number of rotatable bonds is 7. The Labute approximate surface area is 161 Å². The third-order valence-electron chi connectivity index (χ3n) is 4.18. The van der Waals surface area contributed by atoms with Crippen LogP contribution >= 0.6 is 11.8 Å². The second-order valence-corrected chi connectivity index (χ2v) is 7.15. The number of esters is 1. The van der Waals surface area contributed by atoms with Gasteiger partial charge in [0, 0.05) is 41.6 Å². The van der Waals surface area contributed by atoms with Crippen LogP contribution in [-0.4, -0.2) is 40.6 Å². The first-order valence-electron chi connectivity index (χ1n) is 8.51. The van der Waals surface area contributed by atoms with E-state index in [2.05, 4.69) is 20.5 Å². The Morgan fingerprint density at radius 1 is 1.33 bits per heavy atom. The summed E-state index contributed by atoms with van der Waals surface area (Å²) in [7, 11) is 1.63. The predicted molar refractivity (Wildman–Crippen MR) is 107 cm³/mol. The van der Waals surface area contributed by atoms with Crippen molar-refractivity contribution in [3.8, 4) is 5.75 Å². The lowest BCUT2D eigenvalue weighted by Crippen LogP contribution is -2.02. The summed E-state index contributed by atoms with van der Waals surface area (Å²) in [6.07, 6.45) is 1.76. The van der Waals surface area contributed by atoms with Crippen LogP contribution in [0.1, 0.15) is 18.2 Å². The van der Waals surface area contributed by atoms with Gasteiger partial charge < -0.3 is 14.8 Å². The topological polar surface area (TPSA) is 89.1 Å². The van der Waals surface area contributed by atoms with Gasteiger partial charge in [-0.25, -0.2) is 0 Å². The van der Waals surface area contributed by atoms with E-state index in [4.69, 9.17) is 9.47 Å². The zero-order valence-electron chi connectivity index (χ0n) is 15.8. The highest BCUT2D eigenvalue weighted by Crippen LogP contribution is 2.36. The molecule has 2 heterocycles. The summed E-state index contributed by atoms with van der Waals surface area (Å²) in [5, 5.41) is 11.6. The van der Waals surface area contributed by atoms with Crippen LogP contribution in [0.4, 0.5) is 11.5 Å². The molecule has 7 nitrogen and oxygen atoms in total. The average Bonchev–Trinajstić information content (AvgIpc) is 2.97. The minimum absolute atomic E-state index is 0.276. The highest BCUT2D eigenvalue weighted by Gasteiger charge is 2.12. The number of ether oxygens (including phenoxy) is 2. The van der Waals surface area contributed by atoms with Crippen LogP contribution in [0.2, 0.25) is 0 Å². The Morgan fingerprint density at radius 2 is 2.15 bits per heavy atom. The zero-order valence-corrected chi connectivity index (χ0v) is 16.6. The van der Waals surface area contributed by atoms with Gasteiger partial charge in [-0.15, -0.1) is 11.8 Å². The number of benzene rings is 1. The number of H-pyrrole nitrogens is 1. The number of aromatic amines is 1. The van der Waals surface area contributed by atoms with Gasteiger partial charge in [0.2, 0.25) is 0 Å². The maximum atomic E-state index is 10.9. The number of aryl methyl sites for hydroxylation is 1. The van der Waals surface area contributed by atoms with Crippen molar-refractivity contribution in [3.05, 3.63) is 35.7 Å². The number of carbonyl (C=O) groups is 1. The largest absolute Gasteiger partial charge is 0.496 e. The molecule has 0 unspecified atom stereocenters. The Balaban J connectivity index is 1.92. The molecular weight excluding hydrogens is 364 g/mol. The molecule has 0 amide bonds. The first kappa shape index (κ1) is 19.0. The Bertz CT molecular complexity index is 971. The number of anilines is 2. The van der Waals surface area contributed by atoms with Gasteiger partial charge in [-0.1, -0.05) is 0 Å². The molecule has 1 aromatic carbocycles. The van der Waals surface area contributed by atoms with Crippen LogP contribution in [0.15, 0.2) is 29.3 Å². The number of hydrogen-bond acceptors (Lipinski definition) is 7. The van der Waals surface area contributed by atoms with Crippen molar-refractivity contribution in [2.45, 2.75) is 25.7 Å². The Kier molecular flexibility index (Phi) is 5.85. The van der Waals surface area contributed by atoms with E-state index in [1.165, 1.54) is 6.92 Å². The van der Waals surface area contributed by atoms with Crippen molar-refractivity contribution in [2.75, 3.05) is 24.8 Å². The first-order valence-corrected chi connectivity index (χ1v) is 9.49. The molecule has 0 aliphatic heterocycles. The maximum Gasteiger partial charge on any atom is 0.302 e. The van der Waals surface area contributed by atoms with Crippen molar-refractivity contribution in [1.82, 2.24) is 15.2 Å². The number of nitrogens with zero attached hydrogens (tertiary/aromatic N) is 2. The van der Waals surface area contributed by atoms with Crippen molar-refractivity contribution < 1.29 is 14.3 Å². The summed E-state index contributed by atoms with van der Waals surface area (Å²) >= 11 is 1.57. The number of methoxy groups -OCH3 is 1. The van der Waals surface area contributed by atoms with Gasteiger partial charge in [0.15, 0.2) is 5.82 Å². The summed E-state index contributed by atoms with van der Waals surface area (Å²) < 4.78 is 10.5. The van der Waals surface area contributed by atoms with Crippen molar-refractivity contribution in [3.63, 3.8) is 0 Å². The molecule has 0 fully saturated rings. The van der Waals surface area contributed by atoms with E-state index in [0.717, 1.165) is 44.3 Å². The molecule has 0 radical (unpaired) electrons. The molecule has 8 heteroatoms. The van der Waals surface area contributed by atoms with E-state index in [1.807, 2.05) is 32.0 Å². The highest BCUT2D eigenvalue weighted by atomic mass is 32.2. The fraction of sp³-hybridized carbons (Fsp3) is 0.316. The van der Waals surface area contributed by atoms with Gasteiger partial charge in [-0.3, -0.25) is 14.9 Å². The molecule has 3 rings (SSSR count). The number of aromatic nitrogens is 3. The van der Waals surface area contributed by atoms with Crippen LogP contribution < -0.4 is 10.1 Å². The lowest BCUT2D eigenvalue weighted by Gasteiger charge is -2.13. The molecule has 27 heavy (non-hydrogen) atoms. The van der Waals surface area contributed by atoms with Gasteiger partial charge in [0.1, 0.15) is 12.4 Å². The molecule has 0 aliphatic rings. The third kappa shape index (κ3) is 4.33. The summed E-state index contributed by atoms with van der Waals surface area (Å²) in [4.78, 5) is 16.3. The predicted octanol–water partition coefficient (Wildman–Crippen LogP) is 3.98. The van der Waals surface area contributed by atoms with E-state index in [9.17, 15) is 4.79 Å². The number of hydrogen-bond donors (Lipinski definition) is 2. The molecule has 0 spiro atoms. The summed E-state index contributed by atoms with van der Waals surface area (Å²) in [5.74, 6) is 1.90. The van der Waals surface area contributed by atoms with Crippen LogP contribution in [-0.2, 0) is 9.53 Å². The van der Waals surface area contributed by atoms with Crippen LogP contribution in [0.25, 0.3) is 10.9 Å². The normalized spacial score (nSPS) is 10.8. The van der Waals surface area contributed by atoms with Gasteiger partial charge in [0.25, 0.3) is 0 Å². The van der Waals surface area contributed by atoms with E-state index >= 15 is 0 Å². The fourth-order valence-electron chi connectivity index (χ4n) is 2.61. The number of carbonyl (C=O) groups excluding carboxylic acids is 1. The first-order chi connectivity index (χ1) is 13.0. The summed E-state index contributed by atoms with van der Waals surface area (Å²) in [6.45, 7) is 5.76. The molecule has 3 aromatic rings. The molecule has 0 saturated carbocycles. The van der Waals surface area contributed by atoms with Crippen LogP contribution in [0, 0.1) is 13.8 Å². The standard InChI is InChI=1S/C19H22N4O3S/c1-11-12(2)22-23-19(11)21-15-5-6-20-16-10-17(25-4)18(9-14(15)16)27-8-7-26-13(3)24/h5-6,9-10H,7-8H2,1-4H3,(H2,20,21,22,23). The molecule has 0 aliphatic carbocycles. The smallest absolute Gasteiger partial charge is 0.302 e. The lowest BCUT2D eigenvalue weighted by molar-refractivity contribution is -0.140. The molecule has 2 N–H and O–H groups in total. The van der Waals surface area contributed by atoms with Crippen LogP contribution in [0.5, 0.6) is 5.75 Å². The van der Waals surface area contributed by atoms with Gasteiger partial charge in [-0.2, -0.15) is 5.10 Å². The van der Waals surface area contributed by atoms with E-state index in [-0.39, 0.29) is 5.97 Å². The van der Waals surface area contributed by atoms with E-state index < -0.39 is 0 Å². The fourth-order valence-corrected chi connectivity index (χ4v) is 3.48. The zero-order chi connectivity index (χ0) is 19.4. The molecule has 0 bridgehead atoms. The second kappa shape index (κ2) is 8.30. The highest BCUT2D eigenvalue weighted by molar-refractivity contribution is 7.99. The van der Waals surface area contributed by atoms with E-state index in [1.54, 1.807) is 25.1 Å². The lowest BCUT2D eigenvalue weighted by atomic mass is 10.1. The second-order valence-electron chi connectivity index (χ2n) is 6.01. The molecule has 2 aromatic heterocycles. The Hall–Kier alpha value is -2.74. The molecular formula is C19H22N4O3S. The average molecular weight is 386 g/mol. The third-order valence-corrected chi connectivity index (χ3v) is 5.18. The minimum atomic E-state index is -0.276. The number of nitrogens with one attached hydrogen (secondary N) is 2. The van der Waals surface area contributed by atoms with Gasteiger partial charge in [0.05, 0.1) is 23.2 Å². The summed E-state index contributed by atoms with van der Waals surface area (Å²) in [6, 6.07) is 5.87. The number of pyridine rings is 1. The Morgan fingerprint density at radius 3 is 2.81 bits per heavy atom. The number of fused-ring (bicyclic) bond motifs is 1. The van der Waals surface area contributed by atoms with Gasteiger partial charge in [-0.05, 0) is 26.0 Å². The molecule has 0 saturated heterocycles. The molecule has 142 valence electrons. The SMILES string of the molecule is COc1cc2nccc(Nc3n[nH]c(C)c3C)c2cc1SCCOC(C)=O. The maximum absolute atomic E-state index is 10.9. The van der Waals surface area contributed by atoms with E-state index in [0.29, 0.717) is 12.4 Å². The number of thioether (sulfide) groups is 1.